The fourth-order valence-corrected chi connectivity index (χ4v) is 2.90. The average Bonchev–Trinajstić information content (AvgIpc) is 2.91. The third-order valence-corrected chi connectivity index (χ3v) is 3.89. The number of nitrogens with zero attached hydrogens (tertiary/aromatic N) is 2. The van der Waals surface area contributed by atoms with Crippen molar-refractivity contribution in [1.29, 1.82) is 0 Å². The molecule has 0 spiro atoms. The summed E-state index contributed by atoms with van der Waals surface area (Å²) in [5.41, 5.74) is 0.384. The fraction of sp³-hybridized carbons (Fsp3) is 0.200. The van der Waals surface area contributed by atoms with E-state index in [1.807, 2.05) is 18.4 Å². The molecule has 1 N–H and O–H groups in total. The molecule has 108 valence electrons. The van der Waals surface area contributed by atoms with Crippen LogP contribution in [0.1, 0.15) is 18.3 Å². The minimum absolute atomic E-state index is 0.234. The highest BCUT2D eigenvalue weighted by molar-refractivity contribution is 7.16. The van der Waals surface area contributed by atoms with E-state index in [1.54, 1.807) is 0 Å². The molecular formula is C15H13F2N3S. The molecule has 0 radical (unpaired) electrons. The summed E-state index contributed by atoms with van der Waals surface area (Å²) >= 11 is 1.51. The van der Waals surface area contributed by atoms with E-state index >= 15 is 0 Å². The second-order valence-corrected chi connectivity index (χ2v) is 5.47. The van der Waals surface area contributed by atoms with Gasteiger partial charge in [0, 0.05) is 19.0 Å². The summed E-state index contributed by atoms with van der Waals surface area (Å²) in [5, 5.41) is 6.10. The number of benzene rings is 1. The summed E-state index contributed by atoms with van der Waals surface area (Å²) in [6, 6.07) is 5.51. The summed E-state index contributed by atoms with van der Waals surface area (Å²) < 4.78 is 26.7. The molecule has 0 bridgehead atoms. The Morgan fingerprint density at radius 3 is 2.81 bits per heavy atom. The minimum Gasteiger partial charge on any atom is -0.370 e. The zero-order valence-corrected chi connectivity index (χ0v) is 12.2. The lowest BCUT2D eigenvalue weighted by atomic mass is 10.1. The van der Waals surface area contributed by atoms with E-state index in [2.05, 4.69) is 15.3 Å². The molecule has 0 aliphatic rings. The van der Waals surface area contributed by atoms with E-state index in [4.69, 9.17) is 0 Å². The van der Waals surface area contributed by atoms with Crippen molar-refractivity contribution in [3.63, 3.8) is 0 Å². The maximum absolute atomic E-state index is 13.7. The standard InChI is InChI=1S/C15H13F2N3S/c1-2-18-14-11-5-6-21-15(11)20-13(19-14)7-9-3-4-10(16)8-12(9)17/h3-6,8H,2,7H2,1H3,(H,18,19,20). The van der Waals surface area contributed by atoms with Crippen molar-refractivity contribution < 1.29 is 8.78 Å². The number of hydrogen-bond acceptors (Lipinski definition) is 4. The van der Waals surface area contributed by atoms with Crippen LogP contribution in [0.4, 0.5) is 14.6 Å². The van der Waals surface area contributed by atoms with Gasteiger partial charge in [0.1, 0.15) is 28.1 Å². The van der Waals surface area contributed by atoms with Crippen LogP contribution < -0.4 is 5.32 Å². The number of nitrogens with one attached hydrogen (secondary N) is 1. The van der Waals surface area contributed by atoms with E-state index in [0.29, 0.717) is 11.4 Å². The van der Waals surface area contributed by atoms with Gasteiger partial charge in [-0.05, 0) is 30.0 Å². The van der Waals surface area contributed by atoms with Crippen molar-refractivity contribution in [3.05, 3.63) is 52.7 Å². The Bertz CT molecular complexity index is 786. The maximum atomic E-state index is 13.7. The van der Waals surface area contributed by atoms with E-state index in [-0.39, 0.29) is 6.42 Å². The van der Waals surface area contributed by atoms with E-state index in [1.165, 1.54) is 23.5 Å². The molecule has 6 heteroatoms. The predicted molar refractivity (Wildman–Crippen MR) is 80.7 cm³/mol. The highest BCUT2D eigenvalue weighted by Crippen LogP contribution is 2.26. The molecule has 3 aromatic rings. The monoisotopic (exact) mass is 305 g/mol. The van der Waals surface area contributed by atoms with Gasteiger partial charge < -0.3 is 5.32 Å². The predicted octanol–water partition coefficient (Wildman–Crippen LogP) is 3.99. The molecule has 2 aromatic heterocycles. The van der Waals surface area contributed by atoms with Crippen LogP contribution in [0.2, 0.25) is 0 Å². The largest absolute Gasteiger partial charge is 0.370 e. The van der Waals surface area contributed by atoms with Crippen LogP contribution in [0.5, 0.6) is 0 Å². The number of fused-ring (bicyclic) bond motifs is 1. The Balaban J connectivity index is 2.00. The number of hydrogen-bond donors (Lipinski definition) is 1. The average molecular weight is 305 g/mol. The molecule has 0 saturated carbocycles. The molecular weight excluding hydrogens is 292 g/mol. The molecule has 0 saturated heterocycles. The smallest absolute Gasteiger partial charge is 0.138 e. The molecule has 0 aliphatic carbocycles. The lowest BCUT2D eigenvalue weighted by Crippen LogP contribution is -2.05. The summed E-state index contributed by atoms with van der Waals surface area (Å²) in [4.78, 5) is 9.75. The van der Waals surface area contributed by atoms with Crippen molar-refractivity contribution in [2.24, 2.45) is 0 Å². The first-order chi connectivity index (χ1) is 10.2. The second kappa shape index (κ2) is 5.73. The Kier molecular flexibility index (Phi) is 3.79. The van der Waals surface area contributed by atoms with Gasteiger partial charge in [0.25, 0.3) is 0 Å². The number of rotatable bonds is 4. The van der Waals surface area contributed by atoms with Crippen LogP contribution in [0.3, 0.4) is 0 Å². The van der Waals surface area contributed by atoms with Crippen molar-refractivity contribution in [2.75, 3.05) is 11.9 Å². The highest BCUT2D eigenvalue weighted by Gasteiger charge is 2.11. The van der Waals surface area contributed by atoms with Crippen molar-refractivity contribution in [2.45, 2.75) is 13.3 Å². The van der Waals surface area contributed by atoms with Gasteiger partial charge in [-0.3, -0.25) is 0 Å². The summed E-state index contributed by atoms with van der Waals surface area (Å²) in [6.45, 7) is 2.73. The molecule has 0 unspecified atom stereocenters. The Labute approximate surface area is 124 Å². The van der Waals surface area contributed by atoms with Crippen molar-refractivity contribution >= 4 is 27.4 Å². The van der Waals surface area contributed by atoms with Gasteiger partial charge in [-0.2, -0.15) is 0 Å². The minimum atomic E-state index is -0.584. The molecule has 0 aliphatic heterocycles. The third-order valence-electron chi connectivity index (χ3n) is 3.08. The van der Waals surface area contributed by atoms with Crippen LogP contribution >= 0.6 is 11.3 Å². The summed E-state index contributed by atoms with van der Waals surface area (Å²) in [7, 11) is 0. The molecule has 1 aromatic carbocycles. The lowest BCUT2D eigenvalue weighted by molar-refractivity contribution is 0.573. The van der Waals surface area contributed by atoms with Gasteiger partial charge in [0.2, 0.25) is 0 Å². The normalized spacial score (nSPS) is 11.0. The van der Waals surface area contributed by atoms with E-state index in [0.717, 1.165) is 28.6 Å². The maximum Gasteiger partial charge on any atom is 0.138 e. The first-order valence-electron chi connectivity index (χ1n) is 6.59. The Hall–Kier alpha value is -2.08. The highest BCUT2D eigenvalue weighted by atomic mass is 32.1. The summed E-state index contributed by atoms with van der Waals surface area (Å²) in [6.07, 6.45) is 0.234. The van der Waals surface area contributed by atoms with Crippen LogP contribution in [0.15, 0.2) is 29.6 Å². The zero-order valence-electron chi connectivity index (χ0n) is 11.4. The van der Waals surface area contributed by atoms with Crippen LogP contribution in [0, 0.1) is 11.6 Å². The van der Waals surface area contributed by atoms with Crippen LogP contribution in [0.25, 0.3) is 10.2 Å². The quantitative estimate of drug-likeness (QED) is 0.792. The van der Waals surface area contributed by atoms with Gasteiger partial charge in [-0.15, -0.1) is 11.3 Å². The molecule has 2 heterocycles. The Morgan fingerprint density at radius 2 is 2.05 bits per heavy atom. The Morgan fingerprint density at radius 1 is 1.19 bits per heavy atom. The lowest BCUT2D eigenvalue weighted by Gasteiger charge is -2.07. The number of aromatic nitrogens is 2. The number of anilines is 1. The molecule has 0 atom stereocenters. The van der Waals surface area contributed by atoms with Gasteiger partial charge >= 0.3 is 0 Å². The van der Waals surface area contributed by atoms with Crippen molar-refractivity contribution in [3.8, 4) is 0 Å². The second-order valence-electron chi connectivity index (χ2n) is 4.57. The molecule has 3 rings (SSSR count). The van der Waals surface area contributed by atoms with E-state index < -0.39 is 11.6 Å². The molecule has 0 amide bonds. The van der Waals surface area contributed by atoms with Gasteiger partial charge in [-0.25, -0.2) is 18.7 Å². The molecule has 0 fully saturated rings. The van der Waals surface area contributed by atoms with Crippen LogP contribution in [-0.2, 0) is 6.42 Å². The number of thiophene rings is 1. The first-order valence-corrected chi connectivity index (χ1v) is 7.47. The topological polar surface area (TPSA) is 37.8 Å². The summed E-state index contributed by atoms with van der Waals surface area (Å²) in [5.74, 6) is 0.113. The zero-order chi connectivity index (χ0) is 14.8. The van der Waals surface area contributed by atoms with Gasteiger partial charge in [-0.1, -0.05) is 6.07 Å². The SMILES string of the molecule is CCNc1nc(Cc2ccc(F)cc2F)nc2sccc12. The molecule has 21 heavy (non-hydrogen) atoms. The van der Waals surface area contributed by atoms with Gasteiger partial charge in [0.15, 0.2) is 0 Å². The fourth-order valence-electron chi connectivity index (χ4n) is 2.12. The van der Waals surface area contributed by atoms with Crippen LogP contribution in [-0.4, -0.2) is 16.5 Å². The van der Waals surface area contributed by atoms with E-state index in [9.17, 15) is 8.78 Å². The number of halogens is 2. The van der Waals surface area contributed by atoms with Crippen molar-refractivity contribution in [1.82, 2.24) is 9.97 Å². The third kappa shape index (κ3) is 2.85. The van der Waals surface area contributed by atoms with Gasteiger partial charge in [0.05, 0.1) is 5.39 Å². The first kappa shape index (κ1) is 13.9. The molecule has 3 nitrogen and oxygen atoms in total.